The van der Waals surface area contributed by atoms with Gasteiger partial charge in [0, 0.05) is 18.2 Å². The van der Waals surface area contributed by atoms with Gasteiger partial charge in [-0.1, -0.05) is 23.4 Å². The van der Waals surface area contributed by atoms with Gasteiger partial charge in [-0.25, -0.2) is 0 Å². The molecule has 1 N–H and O–H groups in total. The molecule has 4 heteroatoms. The Bertz CT molecular complexity index is 521. The number of hydrogen-bond acceptors (Lipinski definition) is 3. The SMILES string of the molecule is CC1=CC=CCC(NC(=O)c2cc(C)on2)=C1. The summed E-state index contributed by atoms with van der Waals surface area (Å²) in [6, 6.07) is 1.62. The van der Waals surface area contributed by atoms with Crippen molar-refractivity contribution in [2.24, 2.45) is 0 Å². The number of carbonyl (C=O) groups excluding carboxylic acids is 1. The van der Waals surface area contributed by atoms with Crippen LogP contribution in [0.5, 0.6) is 0 Å². The molecule has 0 aliphatic heterocycles. The lowest BCUT2D eigenvalue weighted by molar-refractivity contribution is 0.0956. The molecule has 0 saturated carbocycles. The van der Waals surface area contributed by atoms with Gasteiger partial charge in [-0.15, -0.1) is 0 Å². The molecule has 0 saturated heterocycles. The number of aryl methyl sites for hydroxylation is 1. The van der Waals surface area contributed by atoms with E-state index in [1.54, 1.807) is 13.0 Å². The van der Waals surface area contributed by atoms with Crippen molar-refractivity contribution in [2.75, 3.05) is 0 Å². The second kappa shape index (κ2) is 4.82. The van der Waals surface area contributed by atoms with Gasteiger partial charge in [0.25, 0.3) is 5.91 Å². The average Bonchev–Trinajstić information content (AvgIpc) is 2.61. The number of nitrogens with zero attached hydrogens (tertiary/aromatic N) is 1. The van der Waals surface area contributed by atoms with Crippen LogP contribution in [-0.4, -0.2) is 11.1 Å². The molecule has 1 aliphatic rings. The molecular formula is C13H14N2O2. The molecule has 0 atom stereocenters. The highest BCUT2D eigenvalue weighted by atomic mass is 16.5. The highest BCUT2D eigenvalue weighted by Crippen LogP contribution is 2.10. The maximum Gasteiger partial charge on any atom is 0.277 e. The third kappa shape index (κ3) is 2.93. The Morgan fingerprint density at radius 1 is 1.47 bits per heavy atom. The number of allylic oxidation sites excluding steroid dienone is 5. The zero-order valence-corrected chi connectivity index (χ0v) is 9.86. The maximum atomic E-state index is 11.8. The van der Waals surface area contributed by atoms with Gasteiger partial charge in [-0.05, 0) is 25.5 Å². The van der Waals surface area contributed by atoms with Crippen LogP contribution in [0.3, 0.4) is 0 Å². The highest BCUT2D eigenvalue weighted by molar-refractivity contribution is 5.93. The summed E-state index contributed by atoms with van der Waals surface area (Å²) in [6.45, 7) is 3.74. The number of aromatic nitrogens is 1. The number of nitrogens with one attached hydrogen (secondary N) is 1. The predicted octanol–water partition coefficient (Wildman–Crippen LogP) is 2.50. The monoisotopic (exact) mass is 230 g/mol. The zero-order valence-electron chi connectivity index (χ0n) is 9.86. The fraction of sp³-hybridized carbons (Fsp3) is 0.231. The van der Waals surface area contributed by atoms with Crippen LogP contribution in [-0.2, 0) is 0 Å². The molecule has 17 heavy (non-hydrogen) atoms. The van der Waals surface area contributed by atoms with Crippen LogP contribution < -0.4 is 5.32 Å². The Kier molecular flexibility index (Phi) is 3.23. The third-order valence-electron chi connectivity index (χ3n) is 2.37. The minimum atomic E-state index is -0.240. The lowest BCUT2D eigenvalue weighted by Crippen LogP contribution is -2.22. The van der Waals surface area contributed by atoms with E-state index >= 15 is 0 Å². The van der Waals surface area contributed by atoms with E-state index in [1.165, 1.54) is 0 Å². The summed E-state index contributed by atoms with van der Waals surface area (Å²) in [6.07, 6.45) is 8.63. The van der Waals surface area contributed by atoms with E-state index in [9.17, 15) is 4.79 Å². The summed E-state index contributed by atoms with van der Waals surface area (Å²) in [5, 5.41) is 6.50. The van der Waals surface area contributed by atoms with Crippen molar-refractivity contribution in [3.63, 3.8) is 0 Å². The lowest BCUT2D eigenvalue weighted by atomic mass is 10.2. The number of rotatable bonds is 2. The second-order valence-corrected chi connectivity index (χ2v) is 3.99. The number of carbonyl (C=O) groups is 1. The Hall–Kier alpha value is -2.10. The molecule has 0 spiro atoms. The van der Waals surface area contributed by atoms with Crippen molar-refractivity contribution in [1.29, 1.82) is 0 Å². The van der Waals surface area contributed by atoms with Crippen molar-refractivity contribution in [1.82, 2.24) is 10.5 Å². The minimum absolute atomic E-state index is 0.240. The second-order valence-electron chi connectivity index (χ2n) is 3.99. The van der Waals surface area contributed by atoms with Gasteiger partial charge in [0.15, 0.2) is 5.69 Å². The summed E-state index contributed by atoms with van der Waals surface area (Å²) in [5.41, 5.74) is 2.27. The molecule has 0 bridgehead atoms. The Labute approximate surface area is 99.7 Å². The van der Waals surface area contributed by atoms with E-state index in [0.29, 0.717) is 17.9 Å². The molecule has 1 aromatic heterocycles. The van der Waals surface area contributed by atoms with Crippen LogP contribution in [0, 0.1) is 6.92 Å². The number of hydrogen-bond donors (Lipinski definition) is 1. The van der Waals surface area contributed by atoms with E-state index in [2.05, 4.69) is 10.5 Å². The molecule has 0 aromatic carbocycles. The largest absolute Gasteiger partial charge is 0.361 e. The first kappa shape index (κ1) is 11.4. The van der Waals surface area contributed by atoms with E-state index in [0.717, 1.165) is 11.3 Å². The first-order valence-corrected chi connectivity index (χ1v) is 5.44. The molecule has 1 aliphatic carbocycles. The van der Waals surface area contributed by atoms with Gasteiger partial charge >= 0.3 is 0 Å². The molecule has 1 aromatic rings. The fourth-order valence-corrected chi connectivity index (χ4v) is 1.57. The smallest absolute Gasteiger partial charge is 0.277 e. The molecule has 1 heterocycles. The molecule has 0 unspecified atom stereocenters. The Morgan fingerprint density at radius 3 is 3.00 bits per heavy atom. The van der Waals surface area contributed by atoms with Gasteiger partial charge in [0.1, 0.15) is 5.76 Å². The molecule has 1 amide bonds. The van der Waals surface area contributed by atoms with Crippen molar-refractivity contribution in [3.8, 4) is 0 Å². The lowest BCUT2D eigenvalue weighted by Gasteiger charge is -2.05. The Balaban J connectivity index is 2.09. The molecule has 4 nitrogen and oxygen atoms in total. The normalized spacial score (nSPS) is 14.9. The van der Waals surface area contributed by atoms with Crippen molar-refractivity contribution in [3.05, 3.63) is 53.1 Å². The number of amides is 1. The quantitative estimate of drug-likeness (QED) is 0.849. The summed E-state index contributed by atoms with van der Waals surface area (Å²) in [4.78, 5) is 11.8. The van der Waals surface area contributed by atoms with E-state index in [4.69, 9.17) is 4.52 Å². The van der Waals surface area contributed by atoms with Crippen LogP contribution in [0.15, 0.2) is 46.2 Å². The summed E-state index contributed by atoms with van der Waals surface area (Å²) < 4.78 is 4.86. The van der Waals surface area contributed by atoms with Gasteiger partial charge < -0.3 is 9.84 Å². The van der Waals surface area contributed by atoms with Crippen molar-refractivity contribution < 1.29 is 9.32 Å². The van der Waals surface area contributed by atoms with Gasteiger partial charge in [-0.2, -0.15) is 0 Å². The summed E-state index contributed by atoms with van der Waals surface area (Å²) in [5.74, 6) is 0.386. The Morgan fingerprint density at radius 2 is 2.29 bits per heavy atom. The van der Waals surface area contributed by atoms with Gasteiger partial charge in [0.2, 0.25) is 0 Å². The summed E-state index contributed by atoms with van der Waals surface area (Å²) >= 11 is 0. The first-order chi connectivity index (χ1) is 8.15. The average molecular weight is 230 g/mol. The third-order valence-corrected chi connectivity index (χ3v) is 2.37. The molecule has 0 fully saturated rings. The van der Waals surface area contributed by atoms with Crippen molar-refractivity contribution >= 4 is 5.91 Å². The van der Waals surface area contributed by atoms with Crippen LogP contribution in [0.2, 0.25) is 0 Å². The van der Waals surface area contributed by atoms with Crippen molar-refractivity contribution in [2.45, 2.75) is 20.3 Å². The van der Waals surface area contributed by atoms with Crippen LogP contribution in [0.25, 0.3) is 0 Å². The molecule has 2 rings (SSSR count). The molecular weight excluding hydrogens is 216 g/mol. The highest BCUT2D eigenvalue weighted by Gasteiger charge is 2.12. The molecule has 88 valence electrons. The van der Waals surface area contributed by atoms with E-state index < -0.39 is 0 Å². The zero-order chi connectivity index (χ0) is 12.3. The summed E-state index contributed by atoms with van der Waals surface area (Å²) in [7, 11) is 0. The standard InChI is InChI=1S/C13H14N2O2/c1-9-5-3-4-6-11(7-9)14-13(16)12-8-10(2)17-15-12/h3-5,7-8H,6H2,1-2H3,(H,14,16). The van der Waals surface area contributed by atoms with Crippen LogP contribution in [0.4, 0.5) is 0 Å². The van der Waals surface area contributed by atoms with E-state index in [-0.39, 0.29) is 5.91 Å². The van der Waals surface area contributed by atoms with Crippen LogP contribution in [0.1, 0.15) is 29.6 Å². The van der Waals surface area contributed by atoms with Gasteiger partial charge in [0.05, 0.1) is 0 Å². The predicted molar refractivity (Wildman–Crippen MR) is 64.3 cm³/mol. The van der Waals surface area contributed by atoms with Crippen LogP contribution >= 0.6 is 0 Å². The molecule has 0 radical (unpaired) electrons. The van der Waals surface area contributed by atoms with Gasteiger partial charge in [-0.3, -0.25) is 4.79 Å². The minimum Gasteiger partial charge on any atom is -0.361 e. The first-order valence-electron chi connectivity index (χ1n) is 5.44. The maximum absolute atomic E-state index is 11.8. The van der Waals surface area contributed by atoms with E-state index in [1.807, 2.05) is 31.2 Å². The fourth-order valence-electron chi connectivity index (χ4n) is 1.57. The topological polar surface area (TPSA) is 55.1 Å².